The molecule has 0 aliphatic heterocycles. The van der Waals surface area contributed by atoms with Gasteiger partial charge in [-0.25, -0.2) is 0 Å². The van der Waals surface area contributed by atoms with Crippen molar-refractivity contribution < 1.29 is 9.59 Å². The molecule has 0 aromatic heterocycles. The fourth-order valence-electron chi connectivity index (χ4n) is 1.59. The Morgan fingerprint density at radius 3 is 2.47 bits per heavy atom. The maximum absolute atomic E-state index is 12.1. The summed E-state index contributed by atoms with van der Waals surface area (Å²) >= 11 is 3.32. The number of hydrogen-bond donors (Lipinski definition) is 1. The standard InChI is InChI=1S/C14H19BrN2O2/c1-14(2,3)16-12(18)9-17(4)13(19)10-6-5-7-11(15)8-10/h5-8H,9H2,1-4H3,(H,16,18). The van der Waals surface area contributed by atoms with Crippen LogP contribution in [0.15, 0.2) is 28.7 Å². The van der Waals surface area contributed by atoms with Crippen molar-refractivity contribution in [3.63, 3.8) is 0 Å². The van der Waals surface area contributed by atoms with Crippen LogP contribution in [0.25, 0.3) is 0 Å². The van der Waals surface area contributed by atoms with Gasteiger partial charge in [0.05, 0.1) is 6.54 Å². The summed E-state index contributed by atoms with van der Waals surface area (Å²) in [4.78, 5) is 25.3. The predicted molar refractivity (Wildman–Crippen MR) is 79.0 cm³/mol. The van der Waals surface area contributed by atoms with E-state index in [9.17, 15) is 9.59 Å². The fourth-order valence-corrected chi connectivity index (χ4v) is 1.99. The second-order valence-corrected chi connectivity index (χ2v) is 6.39. The van der Waals surface area contributed by atoms with Gasteiger partial charge in [0.2, 0.25) is 5.91 Å². The zero-order valence-electron chi connectivity index (χ0n) is 11.7. The van der Waals surface area contributed by atoms with Gasteiger partial charge in [-0.05, 0) is 39.0 Å². The first-order valence-electron chi connectivity index (χ1n) is 6.01. The van der Waals surface area contributed by atoms with E-state index in [-0.39, 0.29) is 23.9 Å². The number of benzene rings is 1. The monoisotopic (exact) mass is 326 g/mol. The first kappa shape index (κ1) is 15.7. The summed E-state index contributed by atoms with van der Waals surface area (Å²) < 4.78 is 0.839. The number of rotatable bonds is 3. The molecule has 19 heavy (non-hydrogen) atoms. The van der Waals surface area contributed by atoms with E-state index in [0.29, 0.717) is 5.56 Å². The molecule has 4 nitrogen and oxygen atoms in total. The number of carbonyl (C=O) groups excluding carboxylic acids is 2. The van der Waals surface area contributed by atoms with E-state index < -0.39 is 0 Å². The number of nitrogens with zero attached hydrogens (tertiary/aromatic N) is 1. The quantitative estimate of drug-likeness (QED) is 0.927. The summed E-state index contributed by atoms with van der Waals surface area (Å²) in [5.74, 6) is -0.344. The zero-order valence-corrected chi connectivity index (χ0v) is 13.2. The highest BCUT2D eigenvalue weighted by Gasteiger charge is 2.18. The molecule has 0 aliphatic carbocycles. The Hall–Kier alpha value is -1.36. The van der Waals surface area contributed by atoms with Gasteiger partial charge in [-0.2, -0.15) is 0 Å². The third-order valence-electron chi connectivity index (χ3n) is 2.31. The van der Waals surface area contributed by atoms with E-state index in [2.05, 4.69) is 21.2 Å². The minimum Gasteiger partial charge on any atom is -0.350 e. The number of carbonyl (C=O) groups is 2. The summed E-state index contributed by atoms with van der Waals surface area (Å²) in [6.45, 7) is 5.76. The Bertz CT molecular complexity index is 481. The largest absolute Gasteiger partial charge is 0.350 e. The molecular weight excluding hydrogens is 308 g/mol. The zero-order chi connectivity index (χ0) is 14.6. The maximum atomic E-state index is 12.1. The van der Waals surface area contributed by atoms with Crippen LogP contribution < -0.4 is 5.32 Å². The molecule has 0 radical (unpaired) electrons. The van der Waals surface area contributed by atoms with E-state index in [4.69, 9.17) is 0 Å². The molecule has 104 valence electrons. The Morgan fingerprint density at radius 1 is 1.32 bits per heavy atom. The molecule has 0 atom stereocenters. The molecule has 2 amide bonds. The number of likely N-dealkylation sites (N-methyl/N-ethyl adjacent to an activating group) is 1. The third kappa shape index (κ3) is 5.42. The highest BCUT2D eigenvalue weighted by Crippen LogP contribution is 2.13. The van der Waals surface area contributed by atoms with Gasteiger partial charge in [0, 0.05) is 22.6 Å². The van der Waals surface area contributed by atoms with Crippen molar-refractivity contribution in [3.8, 4) is 0 Å². The molecule has 1 rings (SSSR count). The first-order chi connectivity index (χ1) is 8.69. The van der Waals surface area contributed by atoms with E-state index in [1.54, 1.807) is 25.2 Å². The van der Waals surface area contributed by atoms with Crippen LogP contribution in [0.5, 0.6) is 0 Å². The maximum Gasteiger partial charge on any atom is 0.254 e. The van der Waals surface area contributed by atoms with Gasteiger partial charge in [-0.15, -0.1) is 0 Å². The van der Waals surface area contributed by atoms with E-state index in [1.165, 1.54) is 4.90 Å². The van der Waals surface area contributed by atoms with Crippen LogP contribution in [0.2, 0.25) is 0 Å². The predicted octanol–water partition coefficient (Wildman–Crippen LogP) is 2.44. The lowest BCUT2D eigenvalue weighted by atomic mass is 10.1. The summed E-state index contributed by atoms with van der Waals surface area (Å²) in [5, 5.41) is 2.83. The van der Waals surface area contributed by atoms with Gasteiger partial charge in [0.15, 0.2) is 0 Å². The molecule has 0 bridgehead atoms. The molecule has 1 aromatic rings. The minimum absolute atomic E-state index is 0.0443. The normalized spacial score (nSPS) is 11.0. The number of halogens is 1. The summed E-state index contributed by atoms with van der Waals surface area (Å²) in [7, 11) is 1.62. The van der Waals surface area contributed by atoms with Gasteiger partial charge < -0.3 is 10.2 Å². The van der Waals surface area contributed by atoms with Gasteiger partial charge in [0.25, 0.3) is 5.91 Å². The second-order valence-electron chi connectivity index (χ2n) is 5.47. The van der Waals surface area contributed by atoms with Crippen molar-refractivity contribution in [1.82, 2.24) is 10.2 Å². The van der Waals surface area contributed by atoms with Crippen molar-refractivity contribution in [2.45, 2.75) is 26.3 Å². The highest BCUT2D eigenvalue weighted by atomic mass is 79.9. The Labute approximate surface area is 122 Å². The lowest BCUT2D eigenvalue weighted by Crippen LogP contribution is -2.46. The molecule has 0 aliphatic rings. The fraction of sp³-hybridized carbons (Fsp3) is 0.429. The third-order valence-corrected chi connectivity index (χ3v) is 2.81. The van der Waals surface area contributed by atoms with Crippen molar-refractivity contribution in [2.24, 2.45) is 0 Å². The van der Waals surface area contributed by atoms with Crippen LogP contribution in [-0.4, -0.2) is 35.8 Å². The van der Waals surface area contributed by atoms with Crippen LogP contribution in [0.4, 0.5) is 0 Å². The smallest absolute Gasteiger partial charge is 0.254 e. The van der Waals surface area contributed by atoms with Crippen molar-refractivity contribution in [1.29, 1.82) is 0 Å². The molecule has 0 heterocycles. The van der Waals surface area contributed by atoms with E-state index in [1.807, 2.05) is 26.8 Å². The van der Waals surface area contributed by atoms with Gasteiger partial charge in [0.1, 0.15) is 0 Å². The van der Waals surface area contributed by atoms with Crippen LogP contribution in [-0.2, 0) is 4.79 Å². The van der Waals surface area contributed by atoms with Crippen LogP contribution in [0.1, 0.15) is 31.1 Å². The van der Waals surface area contributed by atoms with Crippen LogP contribution >= 0.6 is 15.9 Å². The molecule has 1 aromatic carbocycles. The molecule has 0 saturated heterocycles. The van der Waals surface area contributed by atoms with Crippen molar-refractivity contribution >= 4 is 27.7 Å². The number of nitrogens with one attached hydrogen (secondary N) is 1. The lowest BCUT2D eigenvalue weighted by Gasteiger charge is -2.23. The summed E-state index contributed by atoms with van der Waals surface area (Å²) in [6.07, 6.45) is 0. The molecule has 0 spiro atoms. The van der Waals surface area contributed by atoms with Crippen LogP contribution in [0, 0.1) is 0 Å². The number of hydrogen-bond acceptors (Lipinski definition) is 2. The van der Waals surface area contributed by atoms with Gasteiger partial charge in [-0.3, -0.25) is 9.59 Å². The highest BCUT2D eigenvalue weighted by molar-refractivity contribution is 9.10. The lowest BCUT2D eigenvalue weighted by molar-refractivity contribution is -0.122. The van der Waals surface area contributed by atoms with Crippen molar-refractivity contribution in [3.05, 3.63) is 34.3 Å². The Morgan fingerprint density at radius 2 is 1.95 bits per heavy atom. The average molecular weight is 327 g/mol. The van der Waals surface area contributed by atoms with Gasteiger partial charge >= 0.3 is 0 Å². The topological polar surface area (TPSA) is 49.4 Å². The molecule has 0 fully saturated rings. The summed E-state index contributed by atoms with van der Waals surface area (Å²) in [6, 6.07) is 7.11. The second kappa shape index (κ2) is 6.19. The molecule has 1 N–H and O–H groups in total. The summed E-state index contributed by atoms with van der Waals surface area (Å²) in [5.41, 5.74) is 0.261. The minimum atomic E-state index is -0.295. The van der Waals surface area contributed by atoms with E-state index in [0.717, 1.165) is 4.47 Å². The Balaban J connectivity index is 2.66. The Kier molecular flexibility index (Phi) is 5.11. The number of amides is 2. The molecule has 0 unspecified atom stereocenters. The SMILES string of the molecule is CN(CC(=O)NC(C)(C)C)C(=O)c1cccc(Br)c1. The first-order valence-corrected chi connectivity index (χ1v) is 6.80. The van der Waals surface area contributed by atoms with Gasteiger partial charge in [-0.1, -0.05) is 22.0 Å². The van der Waals surface area contributed by atoms with E-state index >= 15 is 0 Å². The van der Waals surface area contributed by atoms with Crippen molar-refractivity contribution in [2.75, 3.05) is 13.6 Å². The average Bonchev–Trinajstić information content (AvgIpc) is 2.25. The molecule has 0 saturated carbocycles. The van der Waals surface area contributed by atoms with Crippen LogP contribution in [0.3, 0.4) is 0 Å². The molecule has 5 heteroatoms. The molecular formula is C14H19BrN2O2.